The number of sulfonamides is 1. The minimum absolute atomic E-state index is 0.114. The standard InChI is InChI=1S/C24H27ClN2O3S/c25-20-12-14-23(15-13-20)31(28,29)26-17-24(19-7-2-1-3-8-19)27(21-9-4-5-10-21)18-22-11-6-16-30-22/h1-3,6-8,11-16,21,24,26H,4-5,9-10,17-18H2. The Morgan fingerprint density at radius 2 is 1.71 bits per heavy atom. The number of hydrogen-bond acceptors (Lipinski definition) is 4. The number of halogens is 1. The number of furan rings is 1. The minimum Gasteiger partial charge on any atom is -0.468 e. The first-order chi connectivity index (χ1) is 15.0. The second-order valence-electron chi connectivity index (χ2n) is 7.92. The molecule has 1 unspecified atom stereocenters. The molecule has 1 saturated carbocycles. The van der Waals surface area contributed by atoms with E-state index in [-0.39, 0.29) is 17.5 Å². The van der Waals surface area contributed by atoms with Gasteiger partial charge in [-0.15, -0.1) is 0 Å². The lowest BCUT2D eigenvalue weighted by Crippen LogP contribution is -2.42. The van der Waals surface area contributed by atoms with Crippen LogP contribution in [0.15, 0.2) is 82.3 Å². The highest BCUT2D eigenvalue weighted by molar-refractivity contribution is 7.89. The van der Waals surface area contributed by atoms with E-state index in [0.717, 1.165) is 24.2 Å². The summed E-state index contributed by atoms with van der Waals surface area (Å²) in [5.41, 5.74) is 1.08. The molecule has 1 aromatic heterocycles. The fourth-order valence-electron chi connectivity index (χ4n) is 4.30. The molecule has 164 valence electrons. The molecule has 0 bridgehead atoms. The summed E-state index contributed by atoms with van der Waals surface area (Å²) in [6.07, 6.45) is 6.28. The van der Waals surface area contributed by atoms with Crippen LogP contribution < -0.4 is 4.72 Å². The average molecular weight is 459 g/mol. The van der Waals surface area contributed by atoms with E-state index in [1.165, 1.54) is 25.0 Å². The number of hydrogen-bond donors (Lipinski definition) is 1. The molecule has 1 aliphatic rings. The van der Waals surface area contributed by atoms with E-state index in [1.54, 1.807) is 18.4 Å². The van der Waals surface area contributed by atoms with Crippen molar-refractivity contribution < 1.29 is 12.8 Å². The summed E-state index contributed by atoms with van der Waals surface area (Å²) >= 11 is 5.92. The van der Waals surface area contributed by atoms with Gasteiger partial charge in [0.1, 0.15) is 5.76 Å². The van der Waals surface area contributed by atoms with E-state index in [4.69, 9.17) is 16.0 Å². The van der Waals surface area contributed by atoms with Gasteiger partial charge < -0.3 is 4.42 Å². The molecule has 1 aliphatic carbocycles. The fraction of sp³-hybridized carbons (Fsp3) is 0.333. The number of rotatable bonds is 9. The summed E-state index contributed by atoms with van der Waals surface area (Å²) in [6.45, 7) is 0.909. The molecule has 31 heavy (non-hydrogen) atoms. The Hall–Kier alpha value is -2.12. The molecule has 5 nitrogen and oxygen atoms in total. The van der Waals surface area contributed by atoms with Crippen LogP contribution in [-0.4, -0.2) is 25.9 Å². The van der Waals surface area contributed by atoms with Crippen molar-refractivity contribution in [1.29, 1.82) is 0 Å². The van der Waals surface area contributed by atoms with Crippen molar-refractivity contribution in [2.75, 3.05) is 6.54 Å². The first-order valence-corrected chi connectivity index (χ1v) is 12.5. The number of nitrogens with zero attached hydrogens (tertiary/aromatic N) is 1. The predicted molar refractivity (Wildman–Crippen MR) is 122 cm³/mol. The van der Waals surface area contributed by atoms with Gasteiger partial charge in [-0.2, -0.15) is 0 Å². The average Bonchev–Trinajstić information content (AvgIpc) is 3.48. The van der Waals surface area contributed by atoms with Crippen LogP contribution in [0.25, 0.3) is 0 Å². The van der Waals surface area contributed by atoms with E-state index in [9.17, 15) is 8.42 Å². The Bertz CT molecular complexity index is 1050. The monoisotopic (exact) mass is 458 g/mol. The molecule has 0 saturated heterocycles. The molecule has 0 aliphatic heterocycles. The molecule has 1 atom stereocenters. The van der Waals surface area contributed by atoms with Gasteiger partial charge in [0.15, 0.2) is 0 Å². The van der Waals surface area contributed by atoms with Crippen molar-refractivity contribution in [2.24, 2.45) is 0 Å². The van der Waals surface area contributed by atoms with Crippen molar-refractivity contribution in [1.82, 2.24) is 9.62 Å². The van der Waals surface area contributed by atoms with Gasteiger partial charge in [-0.3, -0.25) is 4.90 Å². The first-order valence-electron chi connectivity index (χ1n) is 10.6. The van der Waals surface area contributed by atoms with Gasteiger partial charge in [0.25, 0.3) is 0 Å². The minimum atomic E-state index is -3.66. The highest BCUT2D eigenvalue weighted by Crippen LogP contribution is 2.33. The Balaban J connectivity index is 1.61. The summed E-state index contributed by atoms with van der Waals surface area (Å²) in [5, 5.41) is 0.506. The zero-order valence-corrected chi connectivity index (χ0v) is 18.9. The Labute approximate surface area is 189 Å². The van der Waals surface area contributed by atoms with Crippen LogP contribution in [0.4, 0.5) is 0 Å². The normalized spacial score (nSPS) is 16.1. The third-order valence-corrected chi connectivity index (χ3v) is 7.58. The third-order valence-electron chi connectivity index (χ3n) is 5.89. The molecule has 2 aromatic carbocycles. The topological polar surface area (TPSA) is 62.6 Å². The summed E-state index contributed by atoms with van der Waals surface area (Å²) in [6, 6.07) is 20.5. The summed E-state index contributed by atoms with van der Waals surface area (Å²) in [4.78, 5) is 2.60. The Morgan fingerprint density at radius 1 is 1.00 bits per heavy atom. The quantitative estimate of drug-likeness (QED) is 0.466. The van der Waals surface area contributed by atoms with Crippen molar-refractivity contribution >= 4 is 21.6 Å². The molecule has 0 amide bonds. The van der Waals surface area contributed by atoms with Gasteiger partial charge in [-0.05, 0) is 54.8 Å². The molecule has 1 heterocycles. The van der Waals surface area contributed by atoms with Crippen molar-refractivity contribution in [3.8, 4) is 0 Å². The molecule has 1 N–H and O–H groups in total. The maximum atomic E-state index is 12.9. The van der Waals surface area contributed by atoms with Gasteiger partial charge in [-0.1, -0.05) is 54.8 Å². The van der Waals surface area contributed by atoms with Gasteiger partial charge in [0.2, 0.25) is 10.0 Å². The molecule has 3 aromatic rings. The number of nitrogens with one attached hydrogen (secondary N) is 1. The maximum Gasteiger partial charge on any atom is 0.240 e. The lowest BCUT2D eigenvalue weighted by atomic mass is 10.0. The molecule has 4 rings (SSSR count). The van der Waals surface area contributed by atoms with Crippen molar-refractivity contribution in [2.45, 2.75) is 49.2 Å². The van der Waals surface area contributed by atoms with Crippen molar-refractivity contribution in [3.63, 3.8) is 0 Å². The fourth-order valence-corrected chi connectivity index (χ4v) is 5.46. The lowest BCUT2D eigenvalue weighted by molar-refractivity contribution is 0.117. The Morgan fingerprint density at radius 3 is 2.35 bits per heavy atom. The zero-order chi connectivity index (χ0) is 21.7. The summed E-state index contributed by atoms with van der Waals surface area (Å²) < 4.78 is 34.4. The van der Waals surface area contributed by atoms with Gasteiger partial charge in [0.05, 0.1) is 17.7 Å². The lowest BCUT2D eigenvalue weighted by Gasteiger charge is -2.36. The highest BCUT2D eigenvalue weighted by atomic mass is 35.5. The van der Waals surface area contributed by atoms with Crippen LogP contribution in [0.1, 0.15) is 43.0 Å². The first kappa shape index (κ1) is 22.1. The molecular weight excluding hydrogens is 432 g/mol. The smallest absolute Gasteiger partial charge is 0.240 e. The second-order valence-corrected chi connectivity index (χ2v) is 10.1. The molecule has 0 spiro atoms. The summed E-state index contributed by atoms with van der Waals surface area (Å²) in [7, 11) is -3.66. The van der Waals surface area contributed by atoms with E-state index < -0.39 is 10.0 Å². The third kappa shape index (κ3) is 5.57. The zero-order valence-electron chi connectivity index (χ0n) is 17.3. The molecular formula is C24H27ClN2O3S. The Kier molecular flexibility index (Phi) is 7.13. The SMILES string of the molecule is O=S(=O)(NCC(c1ccccc1)N(Cc1ccco1)C1CCCC1)c1ccc(Cl)cc1. The van der Waals surface area contributed by atoms with E-state index in [2.05, 4.69) is 21.8 Å². The van der Waals surface area contributed by atoms with E-state index in [1.807, 2.05) is 30.3 Å². The van der Waals surface area contributed by atoms with Gasteiger partial charge in [-0.25, -0.2) is 13.1 Å². The second kappa shape index (κ2) is 10.0. The maximum absolute atomic E-state index is 12.9. The predicted octanol–water partition coefficient (Wildman–Crippen LogP) is 5.40. The van der Waals surface area contributed by atoms with Gasteiger partial charge in [0, 0.05) is 23.7 Å². The van der Waals surface area contributed by atoms with Crippen LogP contribution in [-0.2, 0) is 16.6 Å². The van der Waals surface area contributed by atoms with E-state index in [0.29, 0.717) is 17.6 Å². The van der Waals surface area contributed by atoms with Gasteiger partial charge >= 0.3 is 0 Å². The van der Waals surface area contributed by atoms with Crippen LogP contribution in [0, 0.1) is 0 Å². The van der Waals surface area contributed by atoms with Crippen LogP contribution in [0.2, 0.25) is 5.02 Å². The van der Waals surface area contributed by atoms with E-state index >= 15 is 0 Å². The molecule has 7 heteroatoms. The van der Waals surface area contributed by atoms with Crippen LogP contribution in [0.5, 0.6) is 0 Å². The largest absolute Gasteiger partial charge is 0.468 e. The number of benzene rings is 2. The summed E-state index contributed by atoms with van der Waals surface area (Å²) in [5.74, 6) is 0.883. The molecule has 1 fully saturated rings. The van der Waals surface area contributed by atoms with Crippen molar-refractivity contribution in [3.05, 3.63) is 89.3 Å². The van der Waals surface area contributed by atoms with Crippen LogP contribution in [0.3, 0.4) is 0 Å². The van der Waals surface area contributed by atoms with Crippen LogP contribution >= 0.6 is 11.6 Å². The molecule has 0 radical (unpaired) electrons. The highest BCUT2D eigenvalue weighted by Gasteiger charge is 2.31.